The van der Waals surface area contributed by atoms with Crippen molar-refractivity contribution in [1.82, 2.24) is 10.2 Å². The molecule has 0 unspecified atom stereocenters. The quantitative estimate of drug-likeness (QED) is 0.790. The highest BCUT2D eigenvalue weighted by molar-refractivity contribution is 5.51. The minimum Gasteiger partial charge on any atom is -0.480 e. The molecule has 1 heterocycles. The smallest absolute Gasteiger partial charge is 0.233 e. The van der Waals surface area contributed by atoms with E-state index < -0.39 is 0 Å². The van der Waals surface area contributed by atoms with Gasteiger partial charge in [-0.3, -0.25) is 0 Å². The van der Waals surface area contributed by atoms with E-state index in [1.807, 2.05) is 43.3 Å². The fourth-order valence-corrected chi connectivity index (χ4v) is 1.40. The Kier molecular flexibility index (Phi) is 4.02. The molecular formula is C13H15N5O. The molecule has 2 rings (SSSR count). The van der Waals surface area contributed by atoms with Crippen molar-refractivity contribution >= 4 is 17.2 Å². The van der Waals surface area contributed by atoms with Gasteiger partial charge in [0.2, 0.25) is 5.88 Å². The molecule has 1 aromatic carbocycles. The number of nitrogens with zero attached hydrogens (tertiary/aromatic N) is 5. The van der Waals surface area contributed by atoms with Crippen LogP contribution in [0.2, 0.25) is 0 Å². The predicted octanol–water partition coefficient (Wildman–Crippen LogP) is 2.97. The molecule has 0 aliphatic rings. The summed E-state index contributed by atoms with van der Waals surface area (Å²) in [7, 11) is 5.52. The molecule has 0 bridgehead atoms. The predicted molar refractivity (Wildman–Crippen MR) is 73.5 cm³/mol. The van der Waals surface area contributed by atoms with E-state index in [0.717, 1.165) is 11.4 Å². The number of rotatable bonds is 4. The monoisotopic (exact) mass is 257 g/mol. The largest absolute Gasteiger partial charge is 0.480 e. The Morgan fingerprint density at radius 2 is 1.68 bits per heavy atom. The van der Waals surface area contributed by atoms with E-state index in [1.165, 1.54) is 7.11 Å². The number of azo groups is 1. The molecule has 2 aromatic rings. The first-order valence-electron chi connectivity index (χ1n) is 5.76. The summed E-state index contributed by atoms with van der Waals surface area (Å²) in [6.07, 6.45) is 0. The van der Waals surface area contributed by atoms with Crippen LogP contribution < -0.4 is 9.64 Å². The summed E-state index contributed by atoms with van der Waals surface area (Å²) in [5.41, 5.74) is 1.88. The van der Waals surface area contributed by atoms with E-state index in [9.17, 15) is 0 Å². The average Bonchev–Trinajstić information content (AvgIpc) is 2.46. The fourth-order valence-electron chi connectivity index (χ4n) is 1.40. The Labute approximate surface area is 111 Å². The van der Waals surface area contributed by atoms with Crippen molar-refractivity contribution in [3.05, 3.63) is 36.4 Å². The van der Waals surface area contributed by atoms with E-state index in [-0.39, 0.29) is 0 Å². The van der Waals surface area contributed by atoms with Crippen molar-refractivity contribution in [2.75, 3.05) is 26.1 Å². The third kappa shape index (κ3) is 3.48. The van der Waals surface area contributed by atoms with E-state index in [0.29, 0.717) is 11.7 Å². The van der Waals surface area contributed by atoms with Crippen molar-refractivity contribution in [1.29, 1.82) is 0 Å². The number of benzene rings is 1. The summed E-state index contributed by atoms with van der Waals surface area (Å²) >= 11 is 0. The minimum atomic E-state index is 0.442. The molecule has 0 radical (unpaired) electrons. The summed E-state index contributed by atoms with van der Waals surface area (Å²) in [5.74, 6) is 0.895. The van der Waals surface area contributed by atoms with Crippen LogP contribution in [0, 0.1) is 0 Å². The van der Waals surface area contributed by atoms with Gasteiger partial charge in [0, 0.05) is 25.8 Å². The summed E-state index contributed by atoms with van der Waals surface area (Å²) in [4.78, 5) is 2.02. The second kappa shape index (κ2) is 5.90. The summed E-state index contributed by atoms with van der Waals surface area (Å²) in [6.45, 7) is 0. The lowest BCUT2D eigenvalue weighted by Gasteiger charge is -2.11. The van der Waals surface area contributed by atoms with Gasteiger partial charge in [-0.1, -0.05) is 0 Å². The normalized spacial score (nSPS) is 10.7. The van der Waals surface area contributed by atoms with Crippen molar-refractivity contribution in [2.45, 2.75) is 0 Å². The van der Waals surface area contributed by atoms with E-state index >= 15 is 0 Å². The molecule has 0 saturated carbocycles. The zero-order valence-electron chi connectivity index (χ0n) is 11.1. The average molecular weight is 257 g/mol. The molecule has 0 amide bonds. The molecule has 0 atom stereocenters. The molecule has 0 aliphatic carbocycles. The van der Waals surface area contributed by atoms with E-state index in [1.54, 1.807) is 12.1 Å². The van der Waals surface area contributed by atoms with Crippen LogP contribution in [0.5, 0.6) is 5.88 Å². The van der Waals surface area contributed by atoms with Gasteiger partial charge in [-0.2, -0.15) is 0 Å². The number of anilines is 1. The third-order valence-electron chi connectivity index (χ3n) is 2.47. The number of methoxy groups -OCH3 is 1. The Balaban J connectivity index is 2.08. The van der Waals surface area contributed by atoms with Crippen LogP contribution in [0.1, 0.15) is 0 Å². The van der Waals surface area contributed by atoms with Gasteiger partial charge in [-0.15, -0.1) is 20.4 Å². The van der Waals surface area contributed by atoms with Crippen molar-refractivity contribution in [3.8, 4) is 5.88 Å². The highest BCUT2D eigenvalue weighted by Gasteiger charge is 1.97. The number of ether oxygens (including phenoxy) is 1. The molecule has 0 N–H and O–H groups in total. The standard InChI is InChI=1S/C13H15N5O/c1-18(2)11-6-4-10(5-7-11)14-15-12-8-9-13(19-3)17-16-12/h4-9H,1-3H3. The molecule has 6 nitrogen and oxygen atoms in total. The third-order valence-corrected chi connectivity index (χ3v) is 2.47. The molecule has 98 valence electrons. The van der Waals surface area contributed by atoms with Crippen molar-refractivity contribution < 1.29 is 4.74 Å². The number of hydrogen-bond donors (Lipinski definition) is 0. The minimum absolute atomic E-state index is 0.442. The topological polar surface area (TPSA) is 63.0 Å². The van der Waals surface area contributed by atoms with Crippen LogP contribution in [0.3, 0.4) is 0 Å². The Hall–Kier alpha value is -2.50. The first kappa shape index (κ1) is 12.9. The van der Waals surface area contributed by atoms with Crippen molar-refractivity contribution in [3.63, 3.8) is 0 Å². The SMILES string of the molecule is COc1ccc(N=Nc2ccc(N(C)C)cc2)nn1. The second-order valence-corrected chi connectivity index (χ2v) is 4.04. The molecule has 0 saturated heterocycles. The first-order valence-corrected chi connectivity index (χ1v) is 5.76. The fraction of sp³-hybridized carbons (Fsp3) is 0.231. The van der Waals surface area contributed by atoms with Gasteiger partial charge < -0.3 is 9.64 Å². The lowest BCUT2D eigenvalue weighted by Crippen LogP contribution is -2.07. The molecule has 19 heavy (non-hydrogen) atoms. The highest BCUT2D eigenvalue weighted by atomic mass is 16.5. The Morgan fingerprint density at radius 1 is 0.947 bits per heavy atom. The maximum atomic E-state index is 4.92. The molecule has 0 fully saturated rings. The summed E-state index contributed by atoms with van der Waals surface area (Å²) in [6, 6.07) is 11.1. The molecule has 1 aromatic heterocycles. The summed E-state index contributed by atoms with van der Waals surface area (Å²) in [5, 5.41) is 15.8. The maximum absolute atomic E-state index is 4.92. The van der Waals surface area contributed by atoms with Crippen LogP contribution in [-0.2, 0) is 0 Å². The zero-order chi connectivity index (χ0) is 13.7. The van der Waals surface area contributed by atoms with Gasteiger partial charge in [-0.25, -0.2) is 0 Å². The first-order chi connectivity index (χ1) is 9.19. The van der Waals surface area contributed by atoms with Crippen LogP contribution in [-0.4, -0.2) is 31.4 Å². The number of hydrogen-bond acceptors (Lipinski definition) is 6. The molecular weight excluding hydrogens is 242 g/mol. The van der Waals surface area contributed by atoms with Crippen LogP contribution in [0.15, 0.2) is 46.6 Å². The Morgan fingerprint density at radius 3 is 2.21 bits per heavy atom. The Bertz CT molecular complexity index is 548. The molecule has 0 spiro atoms. The van der Waals surface area contributed by atoms with E-state index in [2.05, 4.69) is 20.4 Å². The zero-order valence-corrected chi connectivity index (χ0v) is 11.1. The number of aromatic nitrogens is 2. The van der Waals surface area contributed by atoms with Gasteiger partial charge in [0.25, 0.3) is 0 Å². The van der Waals surface area contributed by atoms with Crippen LogP contribution in [0.4, 0.5) is 17.2 Å². The van der Waals surface area contributed by atoms with Crippen molar-refractivity contribution in [2.24, 2.45) is 10.2 Å². The summed E-state index contributed by atoms with van der Waals surface area (Å²) < 4.78 is 4.92. The van der Waals surface area contributed by atoms with E-state index in [4.69, 9.17) is 4.74 Å². The maximum Gasteiger partial charge on any atom is 0.233 e. The van der Waals surface area contributed by atoms with Gasteiger partial charge in [0.15, 0.2) is 5.82 Å². The molecule has 0 aliphatic heterocycles. The van der Waals surface area contributed by atoms with Gasteiger partial charge in [0.1, 0.15) is 0 Å². The van der Waals surface area contributed by atoms with Gasteiger partial charge in [0.05, 0.1) is 12.8 Å². The van der Waals surface area contributed by atoms with Gasteiger partial charge in [-0.05, 0) is 30.3 Å². The van der Waals surface area contributed by atoms with Crippen LogP contribution >= 0.6 is 0 Å². The highest BCUT2D eigenvalue weighted by Crippen LogP contribution is 2.20. The van der Waals surface area contributed by atoms with Gasteiger partial charge >= 0.3 is 0 Å². The van der Waals surface area contributed by atoms with Crippen LogP contribution in [0.25, 0.3) is 0 Å². The lowest BCUT2D eigenvalue weighted by atomic mass is 10.3. The lowest BCUT2D eigenvalue weighted by molar-refractivity contribution is 0.392. The second-order valence-electron chi connectivity index (χ2n) is 4.04. The molecule has 6 heteroatoms.